The van der Waals surface area contributed by atoms with Gasteiger partial charge >= 0.3 is 0 Å². The first-order chi connectivity index (χ1) is 42.1. The predicted octanol–water partition coefficient (Wildman–Crippen LogP) is 21.9. The maximum absolute atomic E-state index is 5.40. The van der Waals surface area contributed by atoms with E-state index in [0.717, 1.165) is 25.1 Å². The molecular formula is C80H62N4S2. The molecule has 4 nitrogen and oxygen atoms in total. The first-order valence-corrected chi connectivity index (χ1v) is 32.0. The number of benzene rings is 8. The summed E-state index contributed by atoms with van der Waals surface area (Å²) in [5.41, 5.74) is 19.2. The number of rotatable bonds is 8. The van der Waals surface area contributed by atoms with Crippen molar-refractivity contribution in [1.82, 2.24) is 9.13 Å². The van der Waals surface area contributed by atoms with Gasteiger partial charge in [-0.05, 0) is 113 Å². The summed E-state index contributed by atoms with van der Waals surface area (Å²) in [6, 6.07) is 68.0. The predicted molar refractivity (Wildman–Crippen MR) is 370 cm³/mol. The maximum atomic E-state index is 5.40. The molecule has 3 aliphatic carbocycles. The third-order valence-electron chi connectivity index (χ3n) is 19.8. The van der Waals surface area contributed by atoms with E-state index in [1.807, 2.05) is 22.7 Å². The molecule has 0 radical (unpaired) electrons. The van der Waals surface area contributed by atoms with Gasteiger partial charge in [0, 0.05) is 109 Å². The normalized spacial score (nSPS) is 22.0. The van der Waals surface area contributed by atoms with Crippen LogP contribution < -0.4 is 0 Å². The van der Waals surface area contributed by atoms with Crippen molar-refractivity contribution in [3.63, 3.8) is 0 Å². The fraction of sp³-hybridized carbons (Fsp3) is 0.150. The number of hydrogen-bond donors (Lipinski definition) is 0. The van der Waals surface area contributed by atoms with E-state index in [1.165, 1.54) is 135 Å². The van der Waals surface area contributed by atoms with E-state index in [0.29, 0.717) is 5.92 Å². The van der Waals surface area contributed by atoms with Gasteiger partial charge in [0.2, 0.25) is 0 Å². The van der Waals surface area contributed by atoms with Gasteiger partial charge in [0.05, 0.1) is 22.1 Å². The van der Waals surface area contributed by atoms with E-state index in [9.17, 15) is 0 Å². The zero-order valence-electron chi connectivity index (χ0n) is 48.6. The lowest BCUT2D eigenvalue weighted by atomic mass is 9.64. The van der Waals surface area contributed by atoms with Crippen molar-refractivity contribution < 1.29 is 0 Å². The highest BCUT2D eigenvalue weighted by molar-refractivity contribution is 7.24. The Kier molecular flexibility index (Phi) is 11.6. The third-order valence-corrected chi connectivity index (χ3v) is 22.4. The molecule has 0 amide bonds. The summed E-state index contributed by atoms with van der Waals surface area (Å²) >= 11 is 3.86. The molecule has 6 heteroatoms. The maximum Gasteiger partial charge on any atom is 0.133 e. The smallest absolute Gasteiger partial charge is 0.133 e. The van der Waals surface area contributed by atoms with Crippen LogP contribution in [0.25, 0.3) is 125 Å². The fourth-order valence-electron chi connectivity index (χ4n) is 15.0. The van der Waals surface area contributed by atoms with Gasteiger partial charge in [0.1, 0.15) is 5.82 Å². The highest BCUT2D eigenvalue weighted by Crippen LogP contribution is 2.55. The Hall–Kier alpha value is -9.20. The Morgan fingerprint density at radius 1 is 0.547 bits per heavy atom. The summed E-state index contributed by atoms with van der Waals surface area (Å²) in [5.74, 6) is 1.58. The summed E-state index contributed by atoms with van der Waals surface area (Å²) in [6.45, 7) is 9.50. The fourth-order valence-corrected chi connectivity index (χ4v) is 17.8. The molecule has 0 fully saturated rings. The largest absolute Gasteiger partial charge is 0.310 e. The second-order valence-corrected chi connectivity index (χ2v) is 27.2. The molecule has 5 atom stereocenters. The lowest BCUT2D eigenvalue weighted by molar-refractivity contribution is 0.222. The average molecular weight is 1140 g/mol. The SMILES string of the molecule is CC1CC=Cc2c1n(C1=CC3(C)C=CC=CC3C=N1)c1ccc3c(-c4cccc(-c5ccc6c(c5)c5c7sc(-c8ccccc8)c(-c8ccccc8)c7ccc5n6C5=CC(C)(C6(C)Cc7ccccc7C=N6)CC=C5)c4)c(-c4ccccc4)sc3c21. The molecule has 12 aromatic rings. The minimum atomic E-state index is -0.333. The monoisotopic (exact) mass is 1140 g/mol. The van der Waals surface area contributed by atoms with Crippen molar-refractivity contribution in [1.29, 1.82) is 0 Å². The minimum Gasteiger partial charge on any atom is -0.310 e. The second-order valence-electron chi connectivity index (χ2n) is 25.1. The van der Waals surface area contributed by atoms with Crippen LogP contribution >= 0.6 is 22.7 Å². The topological polar surface area (TPSA) is 34.6 Å². The molecule has 4 aromatic heterocycles. The van der Waals surface area contributed by atoms with Crippen LogP contribution in [0, 0.1) is 16.7 Å². The number of aromatic nitrogens is 2. The molecule has 2 aliphatic heterocycles. The van der Waals surface area contributed by atoms with Crippen molar-refractivity contribution in [2.24, 2.45) is 26.7 Å². The van der Waals surface area contributed by atoms with Crippen LogP contribution in [0.1, 0.15) is 68.8 Å². The van der Waals surface area contributed by atoms with E-state index < -0.39 is 0 Å². The van der Waals surface area contributed by atoms with Gasteiger partial charge in [-0.2, -0.15) is 0 Å². The highest BCUT2D eigenvalue weighted by Gasteiger charge is 2.45. The average Bonchev–Trinajstić information content (AvgIpc) is 1.60. The Morgan fingerprint density at radius 2 is 1.19 bits per heavy atom. The first kappa shape index (κ1) is 51.2. The number of thiophene rings is 2. The van der Waals surface area contributed by atoms with Gasteiger partial charge in [-0.3, -0.25) is 9.56 Å². The molecule has 86 heavy (non-hydrogen) atoms. The number of allylic oxidation sites excluding steroid dienone is 9. The summed E-state index contributed by atoms with van der Waals surface area (Å²) < 4.78 is 7.67. The molecule has 414 valence electrons. The molecule has 0 saturated heterocycles. The molecule has 17 rings (SSSR count). The van der Waals surface area contributed by atoms with Crippen LogP contribution in [0.5, 0.6) is 0 Å². The Labute approximate surface area is 509 Å². The van der Waals surface area contributed by atoms with Gasteiger partial charge in [0.15, 0.2) is 0 Å². The minimum absolute atomic E-state index is 0.145. The van der Waals surface area contributed by atoms with Gasteiger partial charge < -0.3 is 4.57 Å². The second kappa shape index (κ2) is 19.4. The van der Waals surface area contributed by atoms with Crippen LogP contribution in [0.2, 0.25) is 0 Å². The van der Waals surface area contributed by atoms with Crippen molar-refractivity contribution >= 4 is 106 Å². The molecule has 5 unspecified atom stereocenters. The third kappa shape index (κ3) is 7.78. The van der Waals surface area contributed by atoms with E-state index in [2.05, 4.69) is 292 Å². The van der Waals surface area contributed by atoms with Crippen molar-refractivity contribution in [3.8, 4) is 54.3 Å². The van der Waals surface area contributed by atoms with Crippen LogP contribution in [-0.2, 0) is 6.42 Å². The van der Waals surface area contributed by atoms with Crippen LogP contribution in [0.4, 0.5) is 0 Å². The Balaban J connectivity index is 0.869. The molecule has 6 heterocycles. The highest BCUT2D eigenvalue weighted by atomic mass is 32.1. The molecule has 0 N–H and O–H groups in total. The van der Waals surface area contributed by atoms with Crippen LogP contribution in [-0.4, -0.2) is 27.1 Å². The van der Waals surface area contributed by atoms with Gasteiger partial charge in [-0.1, -0.05) is 221 Å². The van der Waals surface area contributed by atoms with Crippen molar-refractivity contribution in [3.05, 3.63) is 259 Å². The van der Waals surface area contributed by atoms with Crippen LogP contribution in [0.15, 0.2) is 247 Å². The number of nitrogens with zero attached hydrogens (tertiary/aromatic N) is 4. The molecule has 0 bridgehead atoms. The van der Waals surface area contributed by atoms with E-state index in [-0.39, 0.29) is 22.3 Å². The standard InChI is InChI=1S/C80H62N4S2/c1-50-21-18-34-61-71-67(84(73(50)61)68-47-78(2)41-17-16-32-59(78)49-81-68)40-37-63-70(75(86-76(63)71)53-26-12-7-13-27-53)56-31-19-30-54(43-56)55-35-38-65-64(44-55)72-66(39-36-62-69(51-22-8-5-9-23-51)74(85-77(62)72)52-24-10-6-11-25-52)83(65)60-33-20-42-79(3,46-60)80(4)45-57-28-14-15-29-58(57)48-82-80/h5-20,22-41,43-44,46-50,59H,21,42,45H2,1-4H3. The lowest BCUT2D eigenvalue weighted by Gasteiger charge is -2.45. The Morgan fingerprint density at radius 3 is 1.94 bits per heavy atom. The zero-order chi connectivity index (χ0) is 57.5. The van der Waals surface area contributed by atoms with Crippen molar-refractivity contribution in [2.75, 3.05) is 0 Å². The zero-order valence-corrected chi connectivity index (χ0v) is 50.3. The quantitative estimate of drug-likeness (QED) is 0.145. The summed E-state index contributed by atoms with van der Waals surface area (Å²) in [6.07, 6.45) is 30.5. The van der Waals surface area contributed by atoms with Crippen LogP contribution in [0.3, 0.4) is 0 Å². The van der Waals surface area contributed by atoms with E-state index in [4.69, 9.17) is 9.98 Å². The van der Waals surface area contributed by atoms with Gasteiger partial charge in [0.25, 0.3) is 0 Å². The van der Waals surface area contributed by atoms with E-state index in [1.54, 1.807) is 0 Å². The van der Waals surface area contributed by atoms with Gasteiger partial charge in [-0.15, -0.1) is 22.7 Å². The Bertz CT molecular complexity index is 5090. The van der Waals surface area contributed by atoms with Gasteiger partial charge in [-0.25, -0.2) is 4.99 Å². The van der Waals surface area contributed by atoms with E-state index >= 15 is 0 Å². The molecule has 0 saturated carbocycles. The summed E-state index contributed by atoms with van der Waals surface area (Å²) in [5, 5.41) is 6.39. The number of hydrogen-bond acceptors (Lipinski definition) is 4. The molecule has 5 aliphatic rings. The number of aliphatic imine (C=N–C) groups is 2. The molecule has 8 aromatic carbocycles. The van der Waals surface area contributed by atoms with Crippen molar-refractivity contribution in [2.45, 2.75) is 58.4 Å². The molecule has 0 spiro atoms. The lowest BCUT2D eigenvalue weighted by Crippen LogP contribution is -2.45. The molecular weight excluding hydrogens is 1080 g/mol. The first-order valence-electron chi connectivity index (χ1n) is 30.4. The number of fused-ring (bicyclic) bond motifs is 12. The summed E-state index contributed by atoms with van der Waals surface area (Å²) in [4.78, 5) is 13.2. The summed E-state index contributed by atoms with van der Waals surface area (Å²) in [7, 11) is 0.